The first-order valence-corrected chi connectivity index (χ1v) is 5.78. The molecule has 0 radical (unpaired) electrons. The van der Waals surface area contributed by atoms with Gasteiger partial charge in [0, 0.05) is 12.4 Å². The van der Waals surface area contributed by atoms with Crippen LogP contribution in [0.3, 0.4) is 0 Å². The van der Waals surface area contributed by atoms with Gasteiger partial charge in [0.05, 0.1) is 6.04 Å². The number of nitrogens with one attached hydrogen (secondary N) is 1. The van der Waals surface area contributed by atoms with Crippen LogP contribution >= 0.6 is 0 Å². The molecule has 0 spiro atoms. The molecule has 4 nitrogen and oxygen atoms in total. The summed E-state index contributed by atoms with van der Waals surface area (Å²) in [6.07, 6.45) is 3.73. The van der Waals surface area contributed by atoms with E-state index in [4.69, 9.17) is 5.84 Å². The lowest BCUT2D eigenvalue weighted by Gasteiger charge is -2.14. The highest BCUT2D eigenvalue weighted by Gasteiger charge is 2.14. The molecule has 0 aliphatic rings. The molecule has 2 aromatic rings. The Morgan fingerprint density at radius 1 is 1.21 bits per heavy atom. The van der Waals surface area contributed by atoms with E-state index in [-0.39, 0.29) is 6.04 Å². The standard InChI is InChI=1S/C13H14F2N4/c1-8-6-17-13(18-7-8)12(19-16)5-9-2-3-10(14)11(15)4-9/h2-4,6-7,12,19H,5,16H2,1H3. The van der Waals surface area contributed by atoms with Gasteiger partial charge in [-0.15, -0.1) is 0 Å². The van der Waals surface area contributed by atoms with Gasteiger partial charge in [-0.1, -0.05) is 6.07 Å². The first-order chi connectivity index (χ1) is 9.10. The fourth-order valence-corrected chi connectivity index (χ4v) is 1.71. The molecule has 1 heterocycles. The molecule has 1 aromatic carbocycles. The maximum Gasteiger partial charge on any atom is 0.159 e. The molecule has 0 bridgehead atoms. The molecular weight excluding hydrogens is 250 g/mol. The predicted octanol–water partition coefficient (Wildman–Crippen LogP) is 1.81. The zero-order valence-electron chi connectivity index (χ0n) is 10.4. The van der Waals surface area contributed by atoms with E-state index in [1.54, 1.807) is 12.4 Å². The van der Waals surface area contributed by atoms with Crippen molar-refractivity contribution in [3.05, 3.63) is 59.2 Å². The lowest BCUT2D eigenvalue weighted by molar-refractivity contribution is 0.498. The minimum absolute atomic E-state index is 0.356. The third-order valence-electron chi connectivity index (χ3n) is 2.74. The highest BCUT2D eigenvalue weighted by atomic mass is 19.2. The van der Waals surface area contributed by atoms with Crippen LogP contribution in [0.15, 0.2) is 30.6 Å². The Morgan fingerprint density at radius 2 is 1.89 bits per heavy atom. The largest absolute Gasteiger partial charge is 0.271 e. The van der Waals surface area contributed by atoms with Crippen molar-refractivity contribution in [1.29, 1.82) is 0 Å². The Balaban J connectivity index is 2.18. The van der Waals surface area contributed by atoms with Crippen molar-refractivity contribution in [2.45, 2.75) is 19.4 Å². The summed E-state index contributed by atoms with van der Waals surface area (Å²) in [4.78, 5) is 8.33. The summed E-state index contributed by atoms with van der Waals surface area (Å²) in [5.41, 5.74) is 4.13. The number of nitrogens with two attached hydrogens (primary N) is 1. The Bertz CT molecular complexity index is 557. The first-order valence-electron chi connectivity index (χ1n) is 5.78. The lowest BCUT2D eigenvalue weighted by Crippen LogP contribution is -2.31. The van der Waals surface area contributed by atoms with Crippen LogP contribution in [0.25, 0.3) is 0 Å². The van der Waals surface area contributed by atoms with E-state index in [0.717, 1.165) is 17.7 Å². The second-order valence-electron chi connectivity index (χ2n) is 4.29. The van der Waals surface area contributed by atoms with E-state index in [1.165, 1.54) is 6.07 Å². The number of benzene rings is 1. The number of hydrazine groups is 1. The molecule has 1 atom stereocenters. The first kappa shape index (κ1) is 13.5. The van der Waals surface area contributed by atoms with Crippen LogP contribution in [0.5, 0.6) is 0 Å². The molecule has 2 rings (SSSR count). The third kappa shape index (κ3) is 3.30. The number of nitrogens with zero attached hydrogens (tertiary/aromatic N) is 2. The van der Waals surface area contributed by atoms with Gasteiger partial charge in [0.15, 0.2) is 11.6 Å². The van der Waals surface area contributed by atoms with Crippen LogP contribution in [-0.2, 0) is 6.42 Å². The van der Waals surface area contributed by atoms with Crippen molar-refractivity contribution >= 4 is 0 Å². The fourth-order valence-electron chi connectivity index (χ4n) is 1.71. The monoisotopic (exact) mass is 264 g/mol. The minimum atomic E-state index is -0.877. The summed E-state index contributed by atoms with van der Waals surface area (Å²) in [5.74, 6) is 4.23. The number of aryl methyl sites for hydroxylation is 1. The molecule has 0 aliphatic carbocycles. The quantitative estimate of drug-likeness (QED) is 0.653. The van der Waals surface area contributed by atoms with Gasteiger partial charge in [0.1, 0.15) is 5.82 Å². The van der Waals surface area contributed by atoms with Gasteiger partial charge in [0.2, 0.25) is 0 Å². The number of hydrogen-bond donors (Lipinski definition) is 2. The summed E-state index contributed by atoms with van der Waals surface area (Å²) in [5, 5.41) is 0. The van der Waals surface area contributed by atoms with E-state index < -0.39 is 11.6 Å². The van der Waals surface area contributed by atoms with Crippen molar-refractivity contribution in [2.24, 2.45) is 5.84 Å². The zero-order valence-corrected chi connectivity index (χ0v) is 10.4. The molecule has 1 aromatic heterocycles. The van der Waals surface area contributed by atoms with Crippen molar-refractivity contribution in [3.63, 3.8) is 0 Å². The van der Waals surface area contributed by atoms with Gasteiger partial charge in [-0.2, -0.15) is 0 Å². The summed E-state index contributed by atoms with van der Waals surface area (Å²) in [7, 11) is 0. The molecule has 1 unspecified atom stereocenters. The number of hydrogen-bond acceptors (Lipinski definition) is 4. The fraction of sp³-hybridized carbons (Fsp3) is 0.231. The van der Waals surface area contributed by atoms with E-state index in [0.29, 0.717) is 17.8 Å². The van der Waals surface area contributed by atoms with Crippen molar-refractivity contribution < 1.29 is 8.78 Å². The van der Waals surface area contributed by atoms with Crippen LogP contribution in [0.2, 0.25) is 0 Å². The Hall–Kier alpha value is -1.92. The van der Waals surface area contributed by atoms with Crippen LogP contribution in [0, 0.1) is 18.6 Å². The average Bonchev–Trinajstić information content (AvgIpc) is 2.41. The third-order valence-corrected chi connectivity index (χ3v) is 2.74. The molecule has 100 valence electrons. The van der Waals surface area contributed by atoms with Gasteiger partial charge < -0.3 is 0 Å². The summed E-state index contributed by atoms with van der Waals surface area (Å²) >= 11 is 0. The van der Waals surface area contributed by atoms with Crippen LogP contribution in [-0.4, -0.2) is 9.97 Å². The average molecular weight is 264 g/mol. The normalized spacial score (nSPS) is 12.4. The molecule has 0 saturated heterocycles. The van der Waals surface area contributed by atoms with E-state index in [1.807, 2.05) is 6.92 Å². The van der Waals surface area contributed by atoms with Crippen molar-refractivity contribution in [3.8, 4) is 0 Å². The molecule has 19 heavy (non-hydrogen) atoms. The van der Waals surface area contributed by atoms with Crippen molar-refractivity contribution in [1.82, 2.24) is 15.4 Å². The second kappa shape index (κ2) is 5.81. The zero-order chi connectivity index (χ0) is 13.8. The summed E-state index contributed by atoms with van der Waals surface area (Å²) in [6, 6.07) is 3.39. The number of aromatic nitrogens is 2. The van der Waals surface area contributed by atoms with Gasteiger partial charge in [-0.3, -0.25) is 5.84 Å². The Labute approximate surface area is 109 Å². The topological polar surface area (TPSA) is 63.8 Å². The molecule has 6 heteroatoms. The lowest BCUT2D eigenvalue weighted by atomic mass is 10.1. The highest BCUT2D eigenvalue weighted by Crippen LogP contribution is 2.16. The van der Waals surface area contributed by atoms with Gasteiger partial charge in [-0.05, 0) is 36.6 Å². The van der Waals surface area contributed by atoms with Gasteiger partial charge >= 0.3 is 0 Å². The molecule has 0 aliphatic heterocycles. The van der Waals surface area contributed by atoms with Crippen LogP contribution in [0.1, 0.15) is 23.0 Å². The van der Waals surface area contributed by atoms with Gasteiger partial charge in [0.25, 0.3) is 0 Å². The molecule has 3 N–H and O–H groups in total. The smallest absolute Gasteiger partial charge is 0.159 e. The summed E-state index contributed by atoms with van der Waals surface area (Å²) < 4.78 is 26.0. The van der Waals surface area contributed by atoms with E-state index >= 15 is 0 Å². The maximum absolute atomic E-state index is 13.1. The molecular formula is C13H14F2N4. The molecule has 0 amide bonds. The van der Waals surface area contributed by atoms with Gasteiger partial charge in [-0.25, -0.2) is 24.2 Å². The van der Waals surface area contributed by atoms with Crippen LogP contribution in [0.4, 0.5) is 8.78 Å². The van der Waals surface area contributed by atoms with E-state index in [2.05, 4.69) is 15.4 Å². The molecule has 0 fully saturated rings. The second-order valence-corrected chi connectivity index (χ2v) is 4.29. The SMILES string of the molecule is Cc1cnc(C(Cc2ccc(F)c(F)c2)NN)nc1. The van der Waals surface area contributed by atoms with E-state index in [9.17, 15) is 8.78 Å². The predicted molar refractivity (Wildman–Crippen MR) is 66.9 cm³/mol. The van der Waals surface area contributed by atoms with Crippen LogP contribution < -0.4 is 11.3 Å². The minimum Gasteiger partial charge on any atom is -0.271 e. The Kier molecular flexibility index (Phi) is 4.13. The number of rotatable bonds is 4. The Morgan fingerprint density at radius 3 is 2.47 bits per heavy atom. The van der Waals surface area contributed by atoms with Crippen molar-refractivity contribution in [2.75, 3.05) is 0 Å². The molecule has 0 saturated carbocycles. The number of halogens is 2. The highest BCUT2D eigenvalue weighted by molar-refractivity contribution is 5.20. The summed E-state index contributed by atoms with van der Waals surface area (Å²) in [6.45, 7) is 1.88. The maximum atomic E-state index is 13.1.